The van der Waals surface area contributed by atoms with Crippen LogP contribution in [0.15, 0.2) is 42.5 Å². The second-order valence-electron chi connectivity index (χ2n) is 4.61. The van der Waals surface area contributed by atoms with Crippen LogP contribution in [-0.4, -0.2) is 5.11 Å². The summed E-state index contributed by atoms with van der Waals surface area (Å²) in [6.45, 7) is 2.55. The van der Waals surface area contributed by atoms with Gasteiger partial charge in [-0.15, -0.1) is 0 Å². The Labute approximate surface area is 123 Å². The van der Waals surface area contributed by atoms with Crippen LogP contribution in [0.2, 0.25) is 5.02 Å². The predicted molar refractivity (Wildman–Crippen MR) is 79.5 cm³/mol. The molecule has 0 spiro atoms. The number of nitrogens with one attached hydrogen (secondary N) is 1. The molecule has 1 unspecified atom stereocenters. The molecule has 2 aromatic carbocycles. The van der Waals surface area contributed by atoms with Crippen molar-refractivity contribution in [1.82, 2.24) is 5.32 Å². The van der Waals surface area contributed by atoms with Gasteiger partial charge in [0.05, 0.1) is 11.6 Å². The second kappa shape index (κ2) is 6.42. The molecule has 2 N–H and O–H groups in total. The lowest BCUT2D eigenvalue weighted by Crippen LogP contribution is -2.18. The van der Waals surface area contributed by atoms with E-state index in [0.717, 1.165) is 11.1 Å². The van der Waals surface area contributed by atoms with Crippen LogP contribution < -0.4 is 5.32 Å². The van der Waals surface area contributed by atoms with E-state index in [2.05, 4.69) is 11.4 Å². The van der Waals surface area contributed by atoms with Gasteiger partial charge in [-0.2, -0.15) is 5.26 Å². The molecule has 102 valence electrons. The average Bonchev–Trinajstić information content (AvgIpc) is 2.48. The van der Waals surface area contributed by atoms with Gasteiger partial charge in [-0.05, 0) is 42.8 Å². The molecular formula is C16H15ClN2O. The Kier molecular flexibility index (Phi) is 4.62. The Morgan fingerprint density at radius 3 is 2.60 bits per heavy atom. The van der Waals surface area contributed by atoms with Gasteiger partial charge in [-0.1, -0.05) is 23.7 Å². The van der Waals surface area contributed by atoms with Crippen LogP contribution in [-0.2, 0) is 6.54 Å². The van der Waals surface area contributed by atoms with Crippen molar-refractivity contribution in [2.45, 2.75) is 19.5 Å². The lowest BCUT2D eigenvalue weighted by Gasteiger charge is -2.15. The lowest BCUT2D eigenvalue weighted by molar-refractivity contribution is 0.460. The van der Waals surface area contributed by atoms with E-state index in [0.29, 0.717) is 17.1 Å². The van der Waals surface area contributed by atoms with Crippen LogP contribution in [0.4, 0.5) is 0 Å². The van der Waals surface area contributed by atoms with Gasteiger partial charge in [0.1, 0.15) is 5.75 Å². The maximum Gasteiger partial charge on any atom is 0.120 e. The van der Waals surface area contributed by atoms with E-state index in [4.69, 9.17) is 16.9 Å². The minimum absolute atomic E-state index is 0.112. The molecule has 0 fully saturated rings. The van der Waals surface area contributed by atoms with E-state index >= 15 is 0 Å². The van der Waals surface area contributed by atoms with Gasteiger partial charge in [0.2, 0.25) is 0 Å². The first-order valence-corrected chi connectivity index (χ1v) is 6.69. The van der Waals surface area contributed by atoms with Gasteiger partial charge in [0, 0.05) is 23.2 Å². The van der Waals surface area contributed by atoms with Gasteiger partial charge in [0.25, 0.3) is 0 Å². The highest BCUT2D eigenvalue weighted by atomic mass is 35.5. The molecule has 0 bridgehead atoms. The first-order chi connectivity index (χ1) is 9.60. The largest absolute Gasteiger partial charge is 0.508 e. The minimum atomic E-state index is 0.112. The molecule has 0 radical (unpaired) electrons. The van der Waals surface area contributed by atoms with E-state index < -0.39 is 0 Å². The van der Waals surface area contributed by atoms with Crippen molar-refractivity contribution < 1.29 is 5.11 Å². The average molecular weight is 287 g/mol. The fraction of sp³-hybridized carbons (Fsp3) is 0.188. The molecule has 0 heterocycles. The molecule has 0 aliphatic rings. The number of benzene rings is 2. The summed E-state index contributed by atoms with van der Waals surface area (Å²) in [6, 6.07) is 14.6. The van der Waals surface area contributed by atoms with Crippen LogP contribution in [0.1, 0.15) is 29.7 Å². The van der Waals surface area contributed by atoms with Gasteiger partial charge >= 0.3 is 0 Å². The van der Waals surface area contributed by atoms with Crippen molar-refractivity contribution >= 4 is 11.6 Å². The molecule has 0 aliphatic carbocycles. The number of halogens is 1. The molecule has 2 rings (SSSR count). The number of hydrogen-bond donors (Lipinski definition) is 2. The zero-order valence-electron chi connectivity index (χ0n) is 11.1. The first-order valence-electron chi connectivity index (χ1n) is 6.31. The number of hydrogen-bond acceptors (Lipinski definition) is 3. The number of phenols is 1. The van der Waals surface area contributed by atoms with Crippen LogP contribution in [0.25, 0.3) is 0 Å². The topological polar surface area (TPSA) is 56.0 Å². The Morgan fingerprint density at radius 2 is 1.95 bits per heavy atom. The fourth-order valence-electron chi connectivity index (χ4n) is 1.92. The zero-order chi connectivity index (χ0) is 14.5. The summed E-state index contributed by atoms with van der Waals surface area (Å²) >= 11 is 5.91. The number of nitrogens with zero attached hydrogens (tertiary/aromatic N) is 1. The van der Waals surface area contributed by atoms with Crippen LogP contribution in [0, 0.1) is 11.3 Å². The molecule has 20 heavy (non-hydrogen) atoms. The lowest BCUT2D eigenvalue weighted by atomic mass is 10.1. The Morgan fingerprint density at radius 1 is 1.25 bits per heavy atom. The third-order valence-corrected chi connectivity index (χ3v) is 3.42. The molecule has 0 aliphatic heterocycles. The molecule has 0 amide bonds. The summed E-state index contributed by atoms with van der Waals surface area (Å²) in [6.07, 6.45) is 0. The summed E-state index contributed by atoms with van der Waals surface area (Å²) in [7, 11) is 0. The number of aromatic hydroxyl groups is 1. The van der Waals surface area contributed by atoms with Crippen molar-refractivity contribution in [3.05, 3.63) is 64.2 Å². The third-order valence-electron chi connectivity index (χ3n) is 3.18. The Hall–Kier alpha value is -2.02. The molecule has 4 heteroatoms. The van der Waals surface area contributed by atoms with Crippen molar-refractivity contribution in [3.8, 4) is 11.8 Å². The van der Waals surface area contributed by atoms with E-state index in [-0.39, 0.29) is 11.8 Å². The second-order valence-corrected chi connectivity index (χ2v) is 5.05. The Bertz CT molecular complexity index is 632. The summed E-state index contributed by atoms with van der Waals surface area (Å²) in [5.74, 6) is 0.230. The number of phenolic OH excluding ortho intramolecular Hbond substituents is 1. The monoisotopic (exact) mass is 286 g/mol. The van der Waals surface area contributed by atoms with E-state index in [1.165, 1.54) is 0 Å². The van der Waals surface area contributed by atoms with Crippen LogP contribution >= 0.6 is 11.6 Å². The number of nitriles is 1. The maximum absolute atomic E-state index is 9.75. The maximum atomic E-state index is 9.75. The van der Waals surface area contributed by atoms with Crippen molar-refractivity contribution in [3.63, 3.8) is 0 Å². The fourth-order valence-corrected chi connectivity index (χ4v) is 2.12. The van der Waals surface area contributed by atoms with E-state index in [9.17, 15) is 5.11 Å². The third kappa shape index (κ3) is 3.51. The molecule has 2 aromatic rings. The van der Waals surface area contributed by atoms with Crippen molar-refractivity contribution in [2.24, 2.45) is 0 Å². The van der Waals surface area contributed by atoms with Crippen molar-refractivity contribution in [2.75, 3.05) is 0 Å². The minimum Gasteiger partial charge on any atom is -0.508 e. The normalized spacial score (nSPS) is 11.8. The molecule has 3 nitrogen and oxygen atoms in total. The summed E-state index contributed by atoms with van der Waals surface area (Å²) in [4.78, 5) is 0. The van der Waals surface area contributed by atoms with Gasteiger partial charge in [-0.3, -0.25) is 0 Å². The van der Waals surface area contributed by atoms with E-state index in [1.54, 1.807) is 30.3 Å². The highest BCUT2D eigenvalue weighted by Crippen LogP contribution is 2.22. The molecule has 0 saturated carbocycles. The highest BCUT2D eigenvalue weighted by molar-refractivity contribution is 6.30. The smallest absolute Gasteiger partial charge is 0.120 e. The molecule has 0 aromatic heterocycles. The summed E-state index contributed by atoms with van der Waals surface area (Å²) in [5.41, 5.74) is 2.50. The molecule has 1 atom stereocenters. The predicted octanol–water partition coefficient (Wildman–Crippen LogP) is 3.77. The van der Waals surface area contributed by atoms with Gasteiger partial charge in [0.15, 0.2) is 0 Å². The number of rotatable bonds is 4. The SMILES string of the molecule is CC(NCc1cc(Cl)ccc1O)c1ccc(C#N)cc1. The molecule has 0 saturated heterocycles. The standard InChI is InChI=1S/C16H15ClN2O/c1-11(13-4-2-12(9-18)3-5-13)19-10-14-8-15(17)6-7-16(14)20/h2-8,11,19-20H,10H2,1H3. The highest BCUT2D eigenvalue weighted by Gasteiger charge is 2.07. The summed E-state index contributed by atoms with van der Waals surface area (Å²) in [5, 5.41) is 22.4. The molecular weight excluding hydrogens is 272 g/mol. The van der Waals surface area contributed by atoms with E-state index in [1.807, 2.05) is 19.1 Å². The van der Waals surface area contributed by atoms with Gasteiger partial charge < -0.3 is 10.4 Å². The first kappa shape index (κ1) is 14.4. The summed E-state index contributed by atoms with van der Waals surface area (Å²) < 4.78 is 0. The van der Waals surface area contributed by atoms with Crippen molar-refractivity contribution in [1.29, 1.82) is 5.26 Å². The van der Waals surface area contributed by atoms with Crippen LogP contribution in [0.5, 0.6) is 5.75 Å². The zero-order valence-corrected chi connectivity index (χ0v) is 11.9. The quantitative estimate of drug-likeness (QED) is 0.899. The van der Waals surface area contributed by atoms with Crippen LogP contribution in [0.3, 0.4) is 0 Å². The Balaban J connectivity index is 2.02. The van der Waals surface area contributed by atoms with Gasteiger partial charge in [-0.25, -0.2) is 0 Å².